The Hall–Kier alpha value is -1.15. The normalized spacial score (nSPS) is 12.5. The average Bonchev–Trinajstić information content (AvgIpc) is 2.07. The van der Waals surface area contributed by atoms with Crippen molar-refractivity contribution in [2.75, 3.05) is 0 Å². The van der Waals surface area contributed by atoms with E-state index in [1.165, 1.54) is 0 Å². The van der Waals surface area contributed by atoms with E-state index in [1.54, 1.807) is 6.92 Å². The van der Waals surface area contributed by atoms with E-state index in [1.807, 2.05) is 25.1 Å². The summed E-state index contributed by atoms with van der Waals surface area (Å²) in [6, 6.07) is 5.68. The second-order valence-electron chi connectivity index (χ2n) is 3.37. The smallest absolute Gasteiger partial charge is 0.150 e. The SMILES string of the molecule is Cc1ccc(CC(C)O)c(C=O)c1. The molecule has 0 aliphatic heterocycles. The van der Waals surface area contributed by atoms with Gasteiger partial charge in [-0.15, -0.1) is 0 Å². The predicted octanol–water partition coefficient (Wildman–Crippen LogP) is 1.73. The monoisotopic (exact) mass is 178 g/mol. The van der Waals surface area contributed by atoms with E-state index in [4.69, 9.17) is 0 Å². The first-order valence-electron chi connectivity index (χ1n) is 4.36. The van der Waals surface area contributed by atoms with Gasteiger partial charge in [0.05, 0.1) is 6.10 Å². The Morgan fingerprint density at radius 3 is 2.77 bits per heavy atom. The van der Waals surface area contributed by atoms with Gasteiger partial charge in [0.2, 0.25) is 0 Å². The molecule has 0 amide bonds. The maximum absolute atomic E-state index is 10.7. The predicted molar refractivity (Wildman–Crippen MR) is 52.0 cm³/mol. The van der Waals surface area contributed by atoms with Crippen molar-refractivity contribution in [3.05, 3.63) is 34.9 Å². The Balaban J connectivity index is 2.99. The molecule has 0 bridgehead atoms. The van der Waals surface area contributed by atoms with Gasteiger partial charge in [-0.25, -0.2) is 0 Å². The third-order valence-electron chi connectivity index (χ3n) is 1.94. The van der Waals surface area contributed by atoms with E-state index in [0.29, 0.717) is 12.0 Å². The lowest BCUT2D eigenvalue weighted by Gasteiger charge is -2.07. The fourth-order valence-corrected chi connectivity index (χ4v) is 1.33. The van der Waals surface area contributed by atoms with Crippen molar-refractivity contribution in [1.82, 2.24) is 0 Å². The van der Waals surface area contributed by atoms with E-state index >= 15 is 0 Å². The van der Waals surface area contributed by atoms with Gasteiger partial charge in [-0.05, 0) is 31.9 Å². The lowest BCUT2D eigenvalue weighted by molar-refractivity contribution is 0.112. The largest absolute Gasteiger partial charge is 0.393 e. The highest BCUT2D eigenvalue weighted by Crippen LogP contribution is 2.11. The van der Waals surface area contributed by atoms with Crippen molar-refractivity contribution < 1.29 is 9.90 Å². The van der Waals surface area contributed by atoms with Crippen LogP contribution in [0.25, 0.3) is 0 Å². The van der Waals surface area contributed by atoms with Gasteiger partial charge >= 0.3 is 0 Å². The van der Waals surface area contributed by atoms with E-state index < -0.39 is 6.10 Å². The summed E-state index contributed by atoms with van der Waals surface area (Å²) in [6.07, 6.45) is 0.973. The van der Waals surface area contributed by atoms with Gasteiger partial charge in [0.1, 0.15) is 6.29 Å². The summed E-state index contributed by atoms with van der Waals surface area (Å²) >= 11 is 0. The number of hydrogen-bond acceptors (Lipinski definition) is 2. The number of rotatable bonds is 3. The Morgan fingerprint density at radius 2 is 2.23 bits per heavy atom. The number of aliphatic hydroxyl groups is 1. The summed E-state index contributed by atoms with van der Waals surface area (Å²) < 4.78 is 0. The van der Waals surface area contributed by atoms with Crippen LogP contribution >= 0.6 is 0 Å². The zero-order chi connectivity index (χ0) is 9.84. The number of carbonyl (C=O) groups is 1. The van der Waals surface area contributed by atoms with Gasteiger partial charge in [0.15, 0.2) is 0 Å². The summed E-state index contributed by atoms with van der Waals surface area (Å²) in [5.41, 5.74) is 2.66. The molecule has 1 N–H and O–H groups in total. The molecule has 0 radical (unpaired) electrons. The van der Waals surface area contributed by atoms with Gasteiger partial charge in [-0.2, -0.15) is 0 Å². The van der Waals surface area contributed by atoms with Gasteiger partial charge in [0.25, 0.3) is 0 Å². The highest BCUT2D eigenvalue weighted by Gasteiger charge is 2.04. The maximum atomic E-state index is 10.7. The van der Waals surface area contributed by atoms with Crippen molar-refractivity contribution >= 4 is 6.29 Å². The van der Waals surface area contributed by atoms with E-state index in [2.05, 4.69) is 0 Å². The Kier molecular flexibility index (Phi) is 3.20. The standard InChI is InChI=1S/C11H14O2/c1-8-3-4-10(6-9(2)13)11(5-8)7-12/h3-5,7,9,13H,6H2,1-2H3. The van der Waals surface area contributed by atoms with Crippen molar-refractivity contribution in [2.24, 2.45) is 0 Å². The zero-order valence-electron chi connectivity index (χ0n) is 7.95. The fourth-order valence-electron chi connectivity index (χ4n) is 1.33. The number of aryl methyl sites for hydroxylation is 1. The van der Waals surface area contributed by atoms with Crippen LogP contribution in [0.15, 0.2) is 18.2 Å². The second kappa shape index (κ2) is 4.19. The molecule has 0 aromatic heterocycles. The highest BCUT2D eigenvalue weighted by atomic mass is 16.3. The molecule has 1 atom stereocenters. The molecule has 1 aromatic rings. The van der Waals surface area contributed by atoms with Crippen LogP contribution in [0.3, 0.4) is 0 Å². The van der Waals surface area contributed by atoms with Gasteiger partial charge < -0.3 is 5.11 Å². The molecule has 0 fully saturated rings. The van der Waals surface area contributed by atoms with Crippen molar-refractivity contribution in [3.63, 3.8) is 0 Å². The molecule has 0 aliphatic rings. The highest BCUT2D eigenvalue weighted by molar-refractivity contribution is 5.77. The molecule has 0 saturated carbocycles. The summed E-state index contributed by atoms with van der Waals surface area (Å²) in [5.74, 6) is 0. The molecule has 0 aliphatic carbocycles. The molecule has 0 spiro atoms. The average molecular weight is 178 g/mol. The van der Waals surface area contributed by atoms with Gasteiger partial charge in [-0.3, -0.25) is 4.79 Å². The first kappa shape index (κ1) is 9.93. The summed E-state index contributed by atoms with van der Waals surface area (Å²) in [6.45, 7) is 3.66. The molecule has 13 heavy (non-hydrogen) atoms. The van der Waals surface area contributed by atoms with Crippen LogP contribution in [0.5, 0.6) is 0 Å². The molecule has 1 unspecified atom stereocenters. The molecule has 0 saturated heterocycles. The first-order chi connectivity index (χ1) is 6.13. The Morgan fingerprint density at radius 1 is 1.54 bits per heavy atom. The van der Waals surface area contributed by atoms with Crippen LogP contribution in [0.4, 0.5) is 0 Å². The number of aliphatic hydroxyl groups excluding tert-OH is 1. The molecular formula is C11H14O2. The van der Waals surface area contributed by atoms with Gasteiger partial charge in [-0.1, -0.05) is 17.7 Å². The van der Waals surface area contributed by atoms with Crippen LogP contribution in [-0.4, -0.2) is 17.5 Å². The van der Waals surface area contributed by atoms with Crippen LogP contribution in [0, 0.1) is 6.92 Å². The number of benzene rings is 1. The molecule has 70 valence electrons. The van der Waals surface area contributed by atoms with Crippen molar-refractivity contribution in [2.45, 2.75) is 26.4 Å². The summed E-state index contributed by atoms with van der Waals surface area (Å²) in [4.78, 5) is 10.7. The topological polar surface area (TPSA) is 37.3 Å². The maximum Gasteiger partial charge on any atom is 0.150 e. The van der Waals surface area contributed by atoms with E-state index in [9.17, 15) is 9.90 Å². The summed E-state index contributed by atoms with van der Waals surface area (Å²) in [7, 11) is 0. The van der Waals surface area contributed by atoms with Gasteiger partial charge in [0, 0.05) is 5.56 Å². The molecule has 1 aromatic carbocycles. The number of hydrogen-bond donors (Lipinski definition) is 1. The number of carbonyl (C=O) groups excluding carboxylic acids is 1. The quantitative estimate of drug-likeness (QED) is 0.716. The van der Waals surface area contributed by atoms with Crippen LogP contribution in [0.1, 0.15) is 28.4 Å². The van der Waals surface area contributed by atoms with Crippen molar-refractivity contribution in [3.8, 4) is 0 Å². The zero-order valence-corrected chi connectivity index (χ0v) is 7.95. The molecule has 0 heterocycles. The molecular weight excluding hydrogens is 164 g/mol. The van der Waals surface area contributed by atoms with Crippen LogP contribution < -0.4 is 0 Å². The Bertz CT molecular complexity index is 303. The number of aldehydes is 1. The lowest BCUT2D eigenvalue weighted by atomic mass is 10.0. The minimum Gasteiger partial charge on any atom is -0.393 e. The molecule has 1 rings (SSSR count). The first-order valence-corrected chi connectivity index (χ1v) is 4.36. The Labute approximate surface area is 78.2 Å². The van der Waals surface area contributed by atoms with Crippen molar-refractivity contribution in [1.29, 1.82) is 0 Å². The van der Waals surface area contributed by atoms with Crippen LogP contribution in [-0.2, 0) is 6.42 Å². The third-order valence-corrected chi connectivity index (χ3v) is 1.94. The minimum absolute atomic E-state index is 0.401. The second-order valence-corrected chi connectivity index (χ2v) is 3.37. The van der Waals surface area contributed by atoms with Crippen LogP contribution in [0.2, 0.25) is 0 Å². The minimum atomic E-state index is -0.401. The third kappa shape index (κ3) is 2.67. The molecule has 2 nitrogen and oxygen atoms in total. The van der Waals surface area contributed by atoms with E-state index in [-0.39, 0.29) is 0 Å². The van der Waals surface area contributed by atoms with E-state index in [0.717, 1.165) is 17.4 Å². The summed E-state index contributed by atoms with van der Waals surface area (Å²) in [5, 5.41) is 9.18. The fraction of sp³-hybridized carbons (Fsp3) is 0.364. The molecule has 2 heteroatoms. The lowest BCUT2D eigenvalue weighted by Crippen LogP contribution is -2.06.